The number of nitrogens with one attached hydrogen (secondary N) is 1. The Morgan fingerprint density at radius 1 is 1.50 bits per heavy atom. The Morgan fingerprint density at radius 2 is 2.14 bits per heavy atom. The summed E-state index contributed by atoms with van der Waals surface area (Å²) in [6.07, 6.45) is 0.911. The van der Waals surface area contributed by atoms with Gasteiger partial charge < -0.3 is 4.98 Å². The number of nitrogens with zero attached hydrogens (tertiary/aromatic N) is 2. The van der Waals surface area contributed by atoms with Crippen molar-refractivity contribution in [1.29, 1.82) is 5.26 Å². The van der Waals surface area contributed by atoms with Gasteiger partial charge in [-0.3, -0.25) is 0 Å². The molecule has 76 valence electrons. The number of hydrogen-bond acceptors (Lipinski definition) is 2. The second kappa shape index (κ2) is 4.28. The maximum absolute atomic E-state index is 8.83. The number of aromatic nitrogens is 2. The summed E-state index contributed by atoms with van der Waals surface area (Å²) >= 11 is 0. The number of nitriles is 1. The molecule has 14 heavy (non-hydrogen) atoms. The molecule has 2 atom stereocenters. The molecule has 0 aliphatic rings. The second-order valence-corrected chi connectivity index (χ2v) is 3.75. The third kappa shape index (κ3) is 1.95. The summed E-state index contributed by atoms with van der Waals surface area (Å²) in [5.74, 6) is 1.23. The molecule has 0 spiro atoms. The molecule has 1 rings (SSSR count). The van der Waals surface area contributed by atoms with Crippen molar-refractivity contribution in [3.8, 4) is 6.07 Å². The predicted octanol–water partition coefficient (Wildman–Crippen LogP) is 2.54. The summed E-state index contributed by atoms with van der Waals surface area (Å²) in [7, 11) is 0. The van der Waals surface area contributed by atoms with Gasteiger partial charge in [-0.25, -0.2) is 4.98 Å². The third-order valence-corrected chi connectivity index (χ3v) is 2.69. The molecule has 1 aromatic rings. The van der Waals surface area contributed by atoms with E-state index in [1.54, 1.807) is 0 Å². The molecule has 3 heteroatoms. The number of H-pyrrole nitrogens is 1. The third-order valence-electron chi connectivity index (χ3n) is 2.69. The lowest BCUT2D eigenvalue weighted by molar-refractivity contribution is 0.586. The van der Waals surface area contributed by atoms with Crippen molar-refractivity contribution in [2.24, 2.45) is 5.92 Å². The zero-order valence-electron chi connectivity index (χ0n) is 9.26. The molecular formula is C11H17N3. The molecule has 3 nitrogen and oxygen atoms in total. The van der Waals surface area contributed by atoms with E-state index in [1.807, 2.05) is 13.8 Å². The highest BCUT2D eigenvalue weighted by atomic mass is 14.9. The van der Waals surface area contributed by atoms with E-state index in [1.165, 1.54) is 0 Å². The lowest BCUT2D eigenvalue weighted by Gasteiger charge is -2.11. The van der Waals surface area contributed by atoms with Crippen molar-refractivity contribution in [1.82, 2.24) is 9.97 Å². The molecule has 0 aliphatic carbocycles. The molecule has 0 aliphatic heterocycles. The van der Waals surface area contributed by atoms with E-state index in [-0.39, 0.29) is 11.8 Å². The summed E-state index contributed by atoms with van der Waals surface area (Å²) in [5, 5.41) is 8.83. The van der Waals surface area contributed by atoms with E-state index in [9.17, 15) is 0 Å². The van der Waals surface area contributed by atoms with Crippen LogP contribution in [0.3, 0.4) is 0 Å². The van der Waals surface area contributed by atoms with Crippen molar-refractivity contribution in [2.75, 3.05) is 0 Å². The largest absolute Gasteiger partial charge is 0.346 e. The summed E-state index contributed by atoms with van der Waals surface area (Å²) in [4.78, 5) is 7.72. The minimum absolute atomic E-state index is 0.0155. The molecule has 0 fully saturated rings. The van der Waals surface area contributed by atoms with Gasteiger partial charge in [0.05, 0.1) is 17.7 Å². The van der Waals surface area contributed by atoms with Crippen molar-refractivity contribution < 1.29 is 0 Å². The Balaban J connectivity index is 2.95. The van der Waals surface area contributed by atoms with E-state index in [0.29, 0.717) is 0 Å². The lowest BCUT2D eigenvalue weighted by atomic mass is 9.93. The van der Waals surface area contributed by atoms with Gasteiger partial charge in [-0.05, 0) is 13.8 Å². The number of aromatic amines is 1. The average Bonchev–Trinajstić information content (AvgIpc) is 2.57. The average molecular weight is 191 g/mol. The van der Waals surface area contributed by atoms with Gasteiger partial charge >= 0.3 is 0 Å². The fourth-order valence-corrected chi connectivity index (χ4v) is 1.50. The van der Waals surface area contributed by atoms with Gasteiger partial charge in [0.15, 0.2) is 0 Å². The number of hydrogen-bond donors (Lipinski definition) is 1. The van der Waals surface area contributed by atoms with Crippen LogP contribution in [0.4, 0.5) is 0 Å². The van der Waals surface area contributed by atoms with Gasteiger partial charge in [0.25, 0.3) is 0 Å². The molecule has 0 radical (unpaired) electrons. The van der Waals surface area contributed by atoms with E-state index < -0.39 is 0 Å². The smallest absolute Gasteiger partial charge is 0.106 e. The van der Waals surface area contributed by atoms with Crippen LogP contribution in [0.25, 0.3) is 0 Å². The van der Waals surface area contributed by atoms with Gasteiger partial charge in [-0.15, -0.1) is 0 Å². The Hall–Kier alpha value is -1.30. The molecule has 0 aromatic carbocycles. The first-order valence-electron chi connectivity index (χ1n) is 5.05. The van der Waals surface area contributed by atoms with Crippen LogP contribution in [0.1, 0.15) is 43.9 Å². The van der Waals surface area contributed by atoms with Crippen LogP contribution < -0.4 is 0 Å². The Morgan fingerprint density at radius 3 is 2.57 bits per heavy atom. The van der Waals surface area contributed by atoms with Gasteiger partial charge in [0, 0.05) is 18.0 Å². The monoisotopic (exact) mass is 191 g/mol. The van der Waals surface area contributed by atoms with Crippen LogP contribution in [0.15, 0.2) is 0 Å². The van der Waals surface area contributed by atoms with Gasteiger partial charge in [-0.2, -0.15) is 5.26 Å². The fourth-order valence-electron chi connectivity index (χ4n) is 1.50. The first kappa shape index (κ1) is 10.8. The number of aryl methyl sites for hydroxylation is 2. The summed E-state index contributed by atoms with van der Waals surface area (Å²) < 4.78 is 0. The molecule has 0 saturated heterocycles. The second-order valence-electron chi connectivity index (χ2n) is 3.75. The molecule has 0 bridgehead atoms. The van der Waals surface area contributed by atoms with Crippen LogP contribution in [-0.2, 0) is 6.42 Å². The summed E-state index contributed by atoms with van der Waals surface area (Å²) in [6.45, 7) is 8.07. The van der Waals surface area contributed by atoms with Gasteiger partial charge in [0.1, 0.15) is 5.82 Å². The highest BCUT2D eigenvalue weighted by molar-refractivity contribution is 5.19. The zero-order chi connectivity index (χ0) is 10.7. The molecule has 0 saturated carbocycles. The molecular weight excluding hydrogens is 174 g/mol. The first-order chi connectivity index (χ1) is 6.60. The van der Waals surface area contributed by atoms with Gasteiger partial charge in [-0.1, -0.05) is 13.8 Å². The van der Waals surface area contributed by atoms with E-state index in [4.69, 9.17) is 5.26 Å². The van der Waals surface area contributed by atoms with Crippen LogP contribution in [0, 0.1) is 24.2 Å². The van der Waals surface area contributed by atoms with Crippen molar-refractivity contribution in [3.05, 3.63) is 17.2 Å². The van der Waals surface area contributed by atoms with E-state index >= 15 is 0 Å². The zero-order valence-corrected chi connectivity index (χ0v) is 9.26. The summed E-state index contributed by atoms with van der Waals surface area (Å²) in [5.41, 5.74) is 2.13. The van der Waals surface area contributed by atoms with Crippen molar-refractivity contribution in [2.45, 2.75) is 40.0 Å². The maximum Gasteiger partial charge on any atom is 0.106 e. The van der Waals surface area contributed by atoms with Gasteiger partial charge in [0.2, 0.25) is 0 Å². The van der Waals surface area contributed by atoms with Crippen molar-refractivity contribution in [3.63, 3.8) is 0 Å². The number of rotatable bonds is 3. The summed E-state index contributed by atoms with van der Waals surface area (Å²) in [6, 6.07) is 2.26. The SMILES string of the molecule is CCc1nc(C(C)C(C)C#N)c(C)[nH]1. The predicted molar refractivity (Wildman–Crippen MR) is 55.9 cm³/mol. The highest BCUT2D eigenvalue weighted by Crippen LogP contribution is 2.24. The normalized spacial score (nSPS) is 14.8. The molecule has 1 heterocycles. The molecule has 0 amide bonds. The minimum Gasteiger partial charge on any atom is -0.346 e. The van der Waals surface area contributed by atoms with Crippen LogP contribution in [0.5, 0.6) is 0 Å². The molecule has 1 N–H and O–H groups in total. The maximum atomic E-state index is 8.83. The van der Waals surface area contributed by atoms with Crippen LogP contribution >= 0.6 is 0 Å². The topological polar surface area (TPSA) is 52.5 Å². The Labute approximate surface area is 85.2 Å². The van der Waals surface area contributed by atoms with Crippen LogP contribution in [-0.4, -0.2) is 9.97 Å². The Kier molecular flexibility index (Phi) is 3.29. The van der Waals surface area contributed by atoms with E-state index in [2.05, 4.69) is 29.9 Å². The van der Waals surface area contributed by atoms with Crippen molar-refractivity contribution >= 4 is 0 Å². The van der Waals surface area contributed by atoms with Crippen LogP contribution in [0.2, 0.25) is 0 Å². The minimum atomic E-state index is 0.0155. The standard InChI is InChI=1S/C11H17N3/c1-5-10-13-9(4)11(14-10)8(3)7(2)6-12/h7-8H,5H2,1-4H3,(H,13,14). The quantitative estimate of drug-likeness (QED) is 0.798. The Bertz CT molecular complexity index is 346. The highest BCUT2D eigenvalue weighted by Gasteiger charge is 2.18. The number of imidazole rings is 1. The molecule has 2 unspecified atom stereocenters. The first-order valence-corrected chi connectivity index (χ1v) is 5.05. The van der Waals surface area contributed by atoms with E-state index in [0.717, 1.165) is 23.6 Å². The molecule has 1 aromatic heterocycles. The lowest BCUT2D eigenvalue weighted by Crippen LogP contribution is -2.05. The fraction of sp³-hybridized carbons (Fsp3) is 0.636.